The molecule has 1 heterocycles. The molecule has 5 heteroatoms. The molecule has 1 saturated heterocycles. The predicted octanol–water partition coefficient (Wildman–Crippen LogP) is -0.179. The van der Waals surface area contributed by atoms with E-state index in [4.69, 9.17) is 4.74 Å². The lowest BCUT2D eigenvalue weighted by atomic mass is 10.1. The summed E-state index contributed by atoms with van der Waals surface area (Å²) in [4.78, 5) is 13.9. The van der Waals surface area contributed by atoms with Crippen molar-refractivity contribution in [2.75, 3.05) is 40.4 Å². The van der Waals surface area contributed by atoms with Crippen LogP contribution in [0.3, 0.4) is 0 Å². The van der Waals surface area contributed by atoms with Crippen molar-refractivity contribution in [3.8, 4) is 0 Å². The number of rotatable bonds is 6. The second-order valence-corrected chi connectivity index (χ2v) is 4.76. The molecule has 5 nitrogen and oxygen atoms in total. The molecule has 0 aromatic carbocycles. The first-order valence-corrected chi connectivity index (χ1v) is 6.33. The molecular formula is C12H25N3O2. The molecule has 1 rings (SSSR count). The first-order valence-electron chi connectivity index (χ1n) is 6.33. The molecule has 1 aliphatic rings. The third-order valence-electron chi connectivity index (χ3n) is 3.19. The van der Waals surface area contributed by atoms with Gasteiger partial charge < -0.3 is 15.4 Å². The Morgan fingerprint density at radius 3 is 2.65 bits per heavy atom. The fraction of sp³-hybridized carbons (Fsp3) is 0.917. The fourth-order valence-corrected chi connectivity index (χ4v) is 2.19. The zero-order chi connectivity index (χ0) is 12.7. The van der Waals surface area contributed by atoms with Crippen molar-refractivity contribution >= 4 is 5.91 Å². The minimum Gasteiger partial charge on any atom is -0.383 e. The number of nitrogens with one attached hydrogen (secondary N) is 2. The van der Waals surface area contributed by atoms with Crippen LogP contribution in [-0.4, -0.2) is 63.3 Å². The number of piperidine rings is 1. The number of likely N-dealkylation sites (tertiary alicyclic amines) is 1. The minimum atomic E-state index is 0.0855. The van der Waals surface area contributed by atoms with E-state index >= 15 is 0 Å². The Balaban J connectivity index is 2.19. The molecule has 0 radical (unpaired) electrons. The number of hydrogen-bond acceptors (Lipinski definition) is 4. The largest absolute Gasteiger partial charge is 0.383 e. The van der Waals surface area contributed by atoms with Crippen molar-refractivity contribution in [1.82, 2.24) is 15.5 Å². The fourth-order valence-electron chi connectivity index (χ4n) is 2.19. The van der Waals surface area contributed by atoms with Gasteiger partial charge in [-0.2, -0.15) is 0 Å². The number of ether oxygens (including phenoxy) is 1. The number of carbonyl (C=O) groups is 1. The molecule has 0 saturated carbocycles. The molecule has 0 aromatic rings. The van der Waals surface area contributed by atoms with Gasteiger partial charge in [-0.15, -0.1) is 0 Å². The zero-order valence-corrected chi connectivity index (χ0v) is 11.2. The molecule has 1 atom stereocenters. The highest BCUT2D eigenvalue weighted by Crippen LogP contribution is 2.08. The lowest BCUT2D eigenvalue weighted by Gasteiger charge is -2.31. The average Bonchev–Trinajstić information content (AvgIpc) is 2.30. The van der Waals surface area contributed by atoms with Gasteiger partial charge in [0, 0.05) is 32.3 Å². The van der Waals surface area contributed by atoms with Crippen molar-refractivity contribution in [3.05, 3.63) is 0 Å². The Bertz CT molecular complexity index is 228. The molecule has 2 N–H and O–H groups in total. The molecule has 0 bridgehead atoms. The number of carbonyl (C=O) groups excluding carboxylic acids is 1. The van der Waals surface area contributed by atoms with Gasteiger partial charge in [-0.25, -0.2) is 0 Å². The van der Waals surface area contributed by atoms with Crippen LogP contribution in [0.2, 0.25) is 0 Å². The van der Waals surface area contributed by atoms with Gasteiger partial charge >= 0.3 is 0 Å². The van der Waals surface area contributed by atoms with Crippen molar-refractivity contribution < 1.29 is 9.53 Å². The molecule has 1 fully saturated rings. The molecule has 0 aromatic heterocycles. The summed E-state index contributed by atoms with van der Waals surface area (Å²) in [5.41, 5.74) is 0. The number of hydrogen-bond donors (Lipinski definition) is 2. The lowest BCUT2D eigenvalue weighted by Crippen LogP contribution is -2.47. The van der Waals surface area contributed by atoms with Crippen LogP contribution in [0.25, 0.3) is 0 Å². The van der Waals surface area contributed by atoms with Gasteiger partial charge in [-0.3, -0.25) is 9.69 Å². The van der Waals surface area contributed by atoms with Crippen LogP contribution in [-0.2, 0) is 9.53 Å². The maximum Gasteiger partial charge on any atom is 0.234 e. The van der Waals surface area contributed by atoms with Crippen molar-refractivity contribution in [2.45, 2.75) is 31.8 Å². The lowest BCUT2D eigenvalue weighted by molar-refractivity contribution is -0.123. The van der Waals surface area contributed by atoms with Gasteiger partial charge in [0.15, 0.2) is 0 Å². The quantitative estimate of drug-likeness (QED) is 0.679. The third kappa shape index (κ3) is 5.48. The Hall–Kier alpha value is -0.650. The Morgan fingerprint density at radius 2 is 2.12 bits per heavy atom. The zero-order valence-electron chi connectivity index (χ0n) is 11.2. The summed E-state index contributed by atoms with van der Waals surface area (Å²) in [5.74, 6) is 0.0949. The molecule has 1 unspecified atom stereocenters. The molecule has 17 heavy (non-hydrogen) atoms. The van der Waals surface area contributed by atoms with Crippen molar-refractivity contribution in [2.24, 2.45) is 0 Å². The van der Waals surface area contributed by atoms with Crippen LogP contribution in [0.15, 0.2) is 0 Å². The Morgan fingerprint density at radius 1 is 1.47 bits per heavy atom. The van der Waals surface area contributed by atoms with Crippen LogP contribution in [0.1, 0.15) is 19.8 Å². The number of nitrogens with zero attached hydrogens (tertiary/aromatic N) is 1. The van der Waals surface area contributed by atoms with Gasteiger partial charge in [-0.05, 0) is 26.8 Å². The predicted molar refractivity (Wildman–Crippen MR) is 68.0 cm³/mol. The van der Waals surface area contributed by atoms with Gasteiger partial charge in [-0.1, -0.05) is 0 Å². The van der Waals surface area contributed by atoms with Crippen LogP contribution in [0, 0.1) is 0 Å². The maximum absolute atomic E-state index is 11.7. The second kappa shape index (κ2) is 7.63. The number of methoxy groups -OCH3 is 1. The molecule has 1 aliphatic heterocycles. The van der Waals surface area contributed by atoms with Crippen LogP contribution in [0.4, 0.5) is 0 Å². The minimum absolute atomic E-state index is 0.0855. The van der Waals surface area contributed by atoms with Gasteiger partial charge in [0.1, 0.15) is 0 Å². The van der Waals surface area contributed by atoms with Crippen LogP contribution < -0.4 is 10.6 Å². The molecule has 1 amide bonds. The second-order valence-electron chi connectivity index (χ2n) is 4.76. The summed E-state index contributed by atoms with van der Waals surface area (Å²) < 4.78 is 4.99. The van der Waals surface area contributed by atoms with Crippen LogP contribution in [0.5, 0.6) is 0 Å². The van der Waals surface area contributed by atoms with Crippen molar-refractivity contribution in [3.63, 3.8) is 0 Å². The van der Waals surface area contributed by atoms with Gasteiger partial charge in [0.05, 0.1) is 13.2 Å². The van der Waals surface area contributed by atoms with E-state index in [2.05, 4.69) is 15.5 Å². The smallest absolute Gasteiger partial charge is 0.234 e. The van der Waals surface area contributed by atoms with Crippen LogP contribution >= 0.6 is 0 Å². The first-order chi connectivity index (χ1) is 8.15. The highest BCUT2D eigenvalue weighted by molar-refractivity contribution is 5.78. The van der Waals surface area contributed by atoms with E-state index in [1.165, 1.54) is 0 Å². The molecular weight excluding hydrogens is 218 g/mol. The number of amides is 1. The highest BCUT2D eigenvalue weighted by atomic mass is 16.5. The monoisotopic (exact) mass is 243 g/mol. The van der Waals surface area contributed by atoms with Gasteiger partial charge in [0.2, 0.25) is 5.91 Å². The summed E-state index contributed by atoms with van der Waals surface area (Å²) in [7, 11) is 3.64. The van der Waals surface area contributed by atoms with E-state index in [1.807, 2.05) is 14.0 Å². The first kappa shape index (κ1) is 14.4. The third-order valence-corrected chi connectivity index (χ3v) is 3.19. The highest BCUT2D eigenvalue weighted by Gasteiger charge is 2.19. The van der Waals surface area contributed by atoms with E-state index in [9.17, 15) is 4.79 Å². The van der Waals surface area contributed by atoms with Crippen molar-refractivity contribution in [1.29, 1.82) is 0 Å². The van der Waals surface area contributed by atoms with E-state index in [-0.39, 0.29) is 11.9 Å². The average molecular weight is 243 g/mol. The standard InChI is InChI=1S/C12H25N3O2/c1-10(9-17-3)14-12(16)8-15-6-4-11(13-2)5-7-15/h10-11,13H,4-9H2,1-3H3,(H,14,16). The van der Waals surface area contributed by atoms with E-state index in [1.54, 1.807) is 7.11 Å². The SMILES string of the molecule is CNC1CCN(CC(=O)NC(C)COC)CC1. The summed E-state index contributed by atoms with van der Waals surface area (Å²) in [6, 6.07) is 0.698. The summed E-state index contributed by atoms with van der Waals surface area (Å²) in [6.07, 6.45) is 2.24. The molecule has 0 spiro atoms. The summed E-state index contributed by atoms with van der Waals surface area (Å²) >= 11 is 0. The van der Waals surface area contributed by atoms with E-state index < -0.39 is 0 Å². The van der Waals surface area contributed by atoms with E-state index in [0.29, 0.717) is 19.2 Å². The molecule has 0 aliphatic carbocycles. The Labute approximate surface area is 104 Å². The normalized spacial score (nSPS) is 20.2. The van der Waals surface area contributed by atoms with E-state index in [0.717, 1.165) is 25.9 Å². The topological polar surface area (TPSA) is 53.6 Å². The summed E-state index contributed by atoms with van der Waals surface area (Å²) in [5, 5.41) is 6.22. The summed E-state index contributed by atoms with van der Waals surface area (Å²) in [6.45, 7) is 5.02. The van der Waals surface area contributed by atoms with Gasteiger partial charge in [0.25, 0.3) is 0 Å². The molecule has 100 valence electrons. The Kier molecular flexibility index (Phi) is 6.47. The maximum atomic E-state index is 11.7.